The predicted octanol–water partition coefficient (Wildman–Crippen LogP) is 10.4. The average Bonchev–Trinajstić information content (AvgIpc) is 4.05. The highest BCUT2D eigenvalue weighted by atomic mass is 35.5. The van der Waals surface area contributed by atoms with Crippen LogP contribution >= 0.6 is 46.4 Å². The number of hydrogen-bond acceptors (Lipinski definition) is 9. The Hall–Kier alpha value is -6.20. The second-order valence-electron chi connectivity index (χ2n) is 21.6. The van der Waals surface area contributed by atoms with Crippen molar-refractivity contribution in [1.29, 1.82) is 0 Å². The van der Waals surface area contributed by atoms with E-state index in [9.17, 15) is 43.5 Å². The first kappa shape index (κ1) is 61.7. The molecule has 0 unspecified atom stereocenters. The van der Waals surface area contributed by atoms with Crippen LogP contribution in [0.3, 0.4) is 0 Å². The van der Waals surface area contributed by atoms with Crippen molar-refractivity contribution in [2.75, 3.05) is 24.3 Å². The van der Waals surface area contributed by atoms with Gasteiger partial charge in [0.1, 0.15) is 17.6 Å². The SMILES string of the molecule is CC(C)(C)C(=O)NCCC1(C(=O)N[C@@H](Cc2ccc(NC(=O)c3c(Cl)cccc3Cl)cc2)C(=O)O)CCCC1.COC(=O)[C@H](Cc1ccc(NC(=O)c2c(Cl)cccc2Cl)cc1)NC(=O)C1(NC(=O)C(C)(C)C)CCCC1. The van der Waals surface area contributed by atoms with Crippen LogP contribution in [0.4, 0.5) is 11.4 Å². The predicted molar refractivity (Wildman–Crippen MR) is 299 cm³/mol. The molecule has 77 heavy (non-hydrogen) atoms. The van der Waals surface area contributed by atoms with Gasteiger partial charge < -0.3 is 41.7 Å². The van der Waals surface area contributed by atoms with Crippen LogP contribution in [0.1, 0.15) is 131 Å². The Labute approximate surface area is 469 Å². The van der Waals surface area contributed by atoms with Crippen LogP contribution in [0.2, 0.25) is 20.1 Å². The number of ether oxygens (including phenoxy) is 1. The molecule has 2 aliphatic rings. The van der Waals surface area contributed by atoms with Gasteiger partial charge in [-0.15, -0.1) is 0 Å². The highest BCUT2D eigenvalue weighted by molar-refractivity contribution is 6.41. The summed E-state index contributed by atoms with van der Waals surface area (Å²) in [4.78, 5) is 102. The molecule has 0 heterocycles. The fourth-order valence-electron chi connectivity index (χ4n) is 8.99. The van der Waals surface area contributed by atoms with Gasteiger partial charge in [-0.2, -0.15) is 0 Å². The molecule has 2 saturated carbocycles. The van der Waals surface area contributed by atoms with Gasteiger partial charge in [0, 0.05) is 41.6 Å². The molecule has 16 nitrogen and oxygen atoms in total. The van der Waals surface area contributed by atoms with E-state index >= 15 is 0 Å². The Kier molecular flexibility index (Phi) is 21.5. The summed E-state index contributed by atoms with van der Waals surface area (Å²) < 4.78 is 4.94. The molecular weight excluding hydrogens is 1070 g/mol. The van der Waals surface area contributed by atoms with Gasteiger partial charge in [0.25, 0.3) is 11.8 Å². The molecule has 414 valence electrons. The van der Waals surface area contributed by atoms with Gasteiger partial charge in [-0.25, -0.2) is 9.59 Å². The maximum atomic E-state index is 13.4. The Morgan fingerprint density at radius 3 is 1.38 bits per heavy atom. The molecule has 4 aromatic rings. The Morgan fingerprint density at radius 1 is 0.571 bits per heavy atom. The molecule has 7 N–H and O–H groups in total. The van der Waals surface area contributed by atoms with Crippen molar-refractivity contribution in [3.05, 3.63) is 127 Å². The second-order valence-corrected chi connectivity index (χ2v) is 23.2. The second kappa shape index (κ2) is 26.9. The average molecular weight is 1140 g/mol. The normalized spacial score (nSPS) is 15.3. The van der Waals surface area contributed by atoms with E-state index in [1.165, 1.54) is 7.11 Å². The van der Waals surface area contributed by atoms with E-state index in [0.717, 1.165) is 31.2 Å². The highest BCUT2D eigenvalue weighted by Crippen LogP contribution is 2.41. The van der Waals surface area contributed by atoms with Crippen LogP contribution < -0.4 is 31.9 Å². The van der Waals surface area contributed by atoms with Crippen LogP contribution in [0.25, 0.3) is 0 Å². The number of nitrogens with one attached hydrogen (secondary N) is 6. The van der Waals surface area contributed by atoms with Gasteiger partial charge in [-0.3, -0.25) is 28.8 Å². The summed E-state index contributed by atoms with van der Waals surface area (Å²) in [7, 11) is 1.26. The largest absolute Gasteiger partial charge is 0.480 e. The lowest BCUT2D eigenvalue weighted by Crippen LogP contribution is -2.61. The summed E-state index contributed by atoms with van der Waals surface area (Å²) >= 11 is 24.5. The smallest absolute Gasteiger partial charge is 0.328 e. The number of anilines is 2. The van der Waals surface area contributed by atoms with Crippen molar-refractivity contribution in [2.24, 2.45) is 16.2 Å². The van der Waals surface area contributed by atoms with E-state index < -0.39 is 63.5 Å². The molecule has 20 heteroatoms. The van der Waals surface area contributed by atoms with Crippen molar-refractivity contribution in [2.45, 2.75) is 130 Å². The lowest BCUT2D eigenvalue weighted by Gasteiger charge is -2.33. The van der Waals surface area contributed by atoms with E-state index in [1.54, 1.807) is 106 Å². The number of esters is 1. The van der Waals surface area contributed by atoms with Crippen molar-refractivity contribution in [3.8, 4) is 0 Å². The number of hydrogen-bond donors (Lipinski definition) is 7. The molecule has 0 spiro atoms. The Morgan fingerprint density at radius 2 is 0.974 bits per heavy atom. The first-order valence-corrected chi connectivity index (χ1v) is 26.9. The molecule has 2 atom stereocenters. The molecule has 6 amide bonds. The van der Waals surface area contributed by atoms with Crippen molar-refractivity contribution in [3.63, 3.8) is 0 Å². The van der Waals surface area contributed by atoms with Gasteiger partial charge in [0.05, 0.1) is 43.7 Å². The minimum atomic E-state index is -1.14. The fourth-order valence-corrected chi connectivity index (χ4v) is 10.1. The lowest BCUT2D eigenvalue weighted by molar-refractivity contribution is -0.146. The van der Waals surface area contributed by atoms with E-state index in [1.807, 2.05) is 20.8 Å². The molecule has 2 fully saturated rings. The standard InChI is InChI=1S/C29H35Cl2N3O5.C28H33Cl2N3O5/c1-28(2,3)26(38)32-16-15-29(13-4-5-14-29)27(39)34-22(25(36)37)17-18-9-11-19(12-10-18)33-24(35)23-20(30)7-6-8-21(23)31;1-27(2,3)25(36)33-28(14-5-6-15-28)26(37)32-21(24(35)38-4)16-17-10-12-18(13-11-17)31-23(34)22-19(29)8-7-9-20(22)30/h6-12,22H,4-5,13-17H2,1-3H3,(H,32,38)(H,33,35)(H,34,39)(H,36,37);7-13,21H,5-6,14-16H2,1-4H3,(H,31,34)(H,32,37)(H,33,36)/t22-;21-/m00/s1. The van der Waals surface area contributed by atoms with Gasteiger partial charge >= 0.3 is 11.9 Å². The van der Waals surface area contributed by atoms with E-state index in [4.69, 9.17) is 51.1 Å². The molecule has 4 aromatic carbocycles. The van der Waals surface area contributed by atoms with Crippen LogP contribution in [0.5, 0.6) is 0 Å². The number of benzene rings is 4. The summed E-state index contributed by atoms with van der Waals surface area (Å²) in [5.41, 5.74) is -0.224. The first-order valence-electron chi connectivity index (χ1n) is 25.4. The Balaban J connectivity index is 0.000000284. The van der Waals surface area contributed by atoms with E-state index in [-0.39, 0.29) is 61.8 Å². The van der Waals surface area contributed by atoms with Crippen LogP contribution in [0.15, 0.2) is 84.9 Å². The topological polar surface area (TPSA) is 238 Å². The number of carboxylic acids is 1. The summed E-state index contributed by atoms with van der Waals surface area (Å²) in [6.07, 6.45) is 6.35. The quantitative estimate of drug-likeness (QED) is 0.0465. The summed E-state index contributed by atoms with van der Waals surface area (Å²) in [6, 6.07) is 21.0. The van der Waals surface area contributed by atoms with Gasteiger partial charge in [-0.1, -0.05) is 150 Å². The van der Waals surface area contributed by atoms with Gasteiger partial charge in [0.2, 0.25) is 23.6 Å². The molecular formula is C57H68Cl4N6O10. The number of methoxy groups -OCH3 is 1. The Bertz CT molecular complexity index is 2760. The number of carbonyl (C=O) groups excluding carboxylic acids is 7. The number of aliphatic carboxylic acids is 1. The number of halogens is 4. The monoisotopic (exact) mass is 1140 g/mol. The zero-order valence-corrected chi connectivity index (χ0v) is 47.4. The molecule has 2 aliphatic carbocycles. The number of carboxylic acid groups (broad SMARTS) is 1. The maximum Gasteiger partial charge on any atom is 0.328 e. The fraction of sp³-hybridized carbons (Fsp3) is 0.439. The number of amides is 6. The van der Waals surface area contributed by atoms with Crippen molar-refractivity contribution >= 4 is 105 Å². The summed E-state index contributed by atoms with van der Waals surface area (Å²) in [5.74, 6) is -3.65. The van der Waals surface area contributed by atoms with E-state index in [2.05, 4.69) is 31.9 Å². The third-order valence-corrected chi connectivity index (χ3v) is 14.9. The highest BCUT2D eigenvalue weighted by Gasteiger charge is 2.46. The van der Waals surface area contributed by atoms with Crippen molar-refractivity contribution < 1.29 is 48.2 Å². The third-order valence-electron chi connectivity index (χ3n) is 13.6. The van der Waals surface area contributed by atoms with Gasteiger partial charge in [-0.05, 0) is 91.8 Å². The number of rotatable bonds is 18. The summed E-state index contributed by atoms with van der Waals surface area (Å²) in [5, 5.41) is 27.7. The summed E-state index contributed by atoms with van der Waals surface area (Å²) in [6.45, 7) is 11.2. The third kappa shape index (κ3) is 16.9. The lowest BCUT2D eigenvalue weighted by atomic mass is 9.81. The molecule has 0 aliphatic heterocycles. The molecule has 6 rings (SSSR count). The minimum absolute atomic E-state index is 0.0719. The van der Waals surface area contributed by atoms with Crippen molar-refractivity contribution in [1.82, 2.24) is 21.3 Å². The van der Waals surface area contributed by atoms with Crippen LogP contribution in [-0.4, -0.2) is 83.8 Å². The zero-order chi connectivity index (χ0) is 56.9. The van der Waals surface area contributed by atoms with Crippen LogP contribution in [-0.2, 0) is 46.3 Å². The minimum Gasteiger partial charge on any atom is -0.480 e. The van der Waals surface area contributed by atoms with E-state index in [0.29, 0.717) is 55.6 Å². The number of carbonyl (C=O) groups is 8. The zero-order valence-electron chi connectivity index (χ0n) is 44.4. The van der Waals surface area contributed by atoms with Crippen LogP contribution in [0, 0.1) is 16.2 Å². The first-order chi connectivity index (χ1) is 36.2. The molecule has 0 radical (unpaired) electrons. The molecule has 0 saturated heterocycles. The van der Waals surface area contributed by atoms with Gasteiger partial charge in [0.15, 0.2) is 0 Å². The molecule has 0 aromatic heterocycles. The molecule has 0 bridgehead atoms. The maximum absolute atomic E-state index is 13.4.